The van der Waals surface area contributed by atoms with Crippen LogP contribution in [0, 0.1) is 0 Å². The summed E-state index contributed by atoms with van der Waals surface area (Å²) >= 11 is 0. The number of allylic oxidation sites excluding steroid dienone is 3. The molecule has 1 aliphatic carbocycles. The lowest BCUT2D eigenvalue weighted by atomic mass is 9.76. The third-order valence-electron chi connectivity index (χ3n) is 4.26. The van der Waals surface area contributed by atoms with Gasteiger partial charge in [0, 0.05) is 5.41 Å². The summed E-state index contributed by atoms with van der Waals surface area (Å²) in [5.74, 6) is -1.70. The van der Waals surface area contributed by atoms with E-state index >= 15 is 0 Å². The zero-order chi connectivity index (χ0) is 20.0. The molecule has 0 spiro atoms. The van der Waals surface area contributed by atoms with Gasteiger partial charge >= 0.3 is 12.5 Å². The number of hydrogen-bond acceptors (Lipinski definition) is 4. The first-order valence-electron chi connectivity index (χ1n) is 7.65. The third kappa shape index (κ3) is 3.64. The van der Waals surface area contributed by atoms with Gasteiger partial charge in [-0.05, 0) is 30.2 Å². The van der Waals surface area contributed by atoms with Crippen molar-refractivity contribution >= 4 is 5.65 Å². The molecule has 11 heteroatoms. The summed E-state index contributed by atoms with van der Waals surface area (Å²) in [6.07, 6.45) is -5.93. The molecule has 27 heavy (non-hydrogen) atoms. The van der Waals surface area contributed by atoms with Gasteiger partial charge in [0.2, 0.25) is 5.82 Å². The van der Waals surface area contributed by atoms with E-state index in [2.05, 4.69) is 14.9 Å². The van der Waals surface area contributed by atoms with Crippen LogP contribution in [0.1, 0.15) is 30.4 Å². The minimum Gasteiger partial charge on any atom is -0.406 e. The Balaban J connectivity index is 2.06. The van der Waals surface area contributed by atoms with Gasteiger partial charge in [-0.3, -0.25) is 4.40 Å². The lowest BCUT2D eigenvalue weighted by Crippen LogP contribution is -2.26. The van der Waals surface area contributed by atoms with Crippen molar-refractivity contribution < 1.29 is 36.2 Å². The Kier molecular flexibility index (Phi) is 4.45. The van der Waals surface area contributed by atoms with Crippen molar-refractivity contribution in [1.29, 1.82) is 0 Å². The Morgan fingerprint density at radius 3 is 2.41 bits per heavy atom. The zero-order valence-corrected chi connectivity index (χ0v) is 13.8. The van der Waals surface area contributed by atoms with E-state index < -0.39 is 36.1 Å². The van der Waals surface area contributed by atoms with Gasteiger partial charge in [0.25, 0.3) is 0 Å². The van der Waals surface area contributed by atoms with E-state index in [0.717, 1.165) is 6.08 Å². The quantitative estimate of drug-likeness (QED) is 0.805. The van der Waals surface area contributed by atoms with Crippen molar-refractivity contribution in [3.63, 3.8) is 0 Å². The number of ether oxygens (including phenoxy) is 1. The fourth-order valence-electron chi connectivity index (χ4n) is 3.03. The molecule has 0 saturated heterocycles. The first-order valence-corrected chi connectivity index (χ1v) is 7.65. The number of aliphatic hydroxyl groups excluding tert-OH is 1. The van der Waals surface area contributed by atoms with Crippen LogP contribution in [0.4, 0.5) is 26.3 Å². The first-order chi connectivity index (χ1) is 12.4. The summed E-state index contributed by atoms with van der Waals surface area (Å²) in [4.78, 5) is 0. The summed E-state index contributed by atoms with van der Waals surface area (Å²) in [5.41, 5.74) is -0.847. The first kappa shape index (κ1) is 19.2. The molecule has 0 aromatic carbocycles. The van der Waals surface area contributed by atoms with E-state index in [1.807, 2.05) is 0 Å². The number of pyridine rings is 1. The van der Waals surface area contributed by atoms with Gasteiger partial charge in [-0.25, -0.2) is 0 Å². The van der Waals surface area contributed by atoms with Crippen LogP contribution in [0.5, 0.6) is 0 Å². The van der Waals surface area contributed by atoms with E-state index in [1.54, 1.807) is 6.92 Å². The molecule has 0 radical (unpaired) electrons. The van der Waals surface area contributed by atoms with Crippen LogP contribution in [0.25, 0.3) is 5.65 Å². The van der Waals surface area contributed by atoms with Crippen LogP contribution in [0.2, 0.25) is 0 Å². The summed E-state index contributed by atoms with van der Waals surface area (Å²) < 4.78 is 81.1. The summed E-state index contributed by atoms with van der Waals surface area (Å²) in [6.45, 7) is 0.884. The molecule has 0 unspecified atom stereocenters. The van der Waals surface area contributed by atoms with Gasteiger partial charge in [0.05, 0.1) is 12.3 Å². The van der Waals surface area contributed by atoms with Crippen molar-refractivity contribution in [1.82, 2.24) is 14.6 Å². The highest BCUT2D eigenvalue weighted by molar-refractivity contribution is 5.48. The van der Waals surface area contributed by atoms with Crippen molar-refractivity contribution in [2.24, 2.45) is 0 Å². The van der Waals surface area contributed by atoms with Crippen LogP contribution in [-0.4, -0.2) is 26.1 Å². The molecule has 1 N–H and O–H groups in total. The van der Waals surface area contributed by atoms with E-state index in [1.165, 1.54) is 24.3 Å². The fraction of sp³-hybridized carbons (Fsp3) is 0.375. The predicted octanol–water partition coefficient (Wildman–Crippen LogP) is 3.88. The van der Waals surface area contributed by atoms with Crippen molar-refractivity contribution in [3.8, 4) is 0 Å². The maximum Gasteiger partial charge on any atom is 0.573 e. The lowest BCUT2D eigenvalue weighted by Gasteiger charge is -2.31. The number of fused-ring (bicyclic) bond motifs is 1. The third-order valence-corrected chi connectivity index (χ3v) is 4.26. The SMILES string of the molecule is C[C@]1(c2ccc3nnc(C(F)(F)F)n3c2CO)C=CC(OC(F)(F)F)=CC1. The Hall–Kier alpha value is -2.56. The van der Waals surface area contributed by atoms with Crippen LogP contribution in [-0.2, 0) is 22.9 Å². The van der Waals surface area contributed by atoms with E-state index in [4.69, 9.17) is 0 Å². The molecule has 2 aromatic rings. The molecule has 0 amide bonds. The van der Waals surface area contributed by atoms with Crippen LogP contribution >= 0.6 is 0 Å². The molecule has 0 saturated carbocycles. The molecule has 146 valence electrons. The van der Waals surface area contributed by atoms with Crippen molar-refractivity contribution in [2.45, 2.75) is 37.9 Å². The fourth-order valence-corrected chi connectivity index (χ4v) is 3.03. The Labute approximate surface area is 148 Å². The number of nitrogens with zero attached hydrogens (tertiary/aromatic N) is 3. The molecule has 5 nitrogen and oxygen atoms in total. The minimum atomic E-state index is -4.84. The van der Waals surface area contributed by atoms with E-state index in [9.17, 15) is 31.4 Å². The van der Waals surface area contributed by atoms with Gasteiger partial charge in [-0.2, -0.15) is 13.2 Å². The second kappa shape index (κ2) is 6.25. The Bertz CT molecular complexity index is 929. The molecule has 1 atom stereocenters. The van der Waals surface area contributed by atoms with E-state index in [-0.39, 0.29) is 17.8 Å². The normalized spacial score (nSPS) is 20.8. The zero-order valence-electron chi connectivity index (χ0n) is 13.8. The second-order valence-corrected chi connectivity index (χ2v) is 6.18. The summed E-state index contributed by atoms with van der Waals surface area (Å²) in [5, 5.41) is 16.3. The molecular formula is C16H13F6N3O2. The van der Waals surface area contributed by atoms with Gasteiger partial charge in [0.1, 0.15) is 5.76 Å². The van der Waals surface area contributed by atoms with Crippen LogP contribution < -0.4 is 0 Å². The largest absolute Gasteiger partial charge is 0.573 e. The average molecular weight is 393 g/mol. The van der Waals surface area contributed by atoms with Gasteiger partial charge in [0.15, 0.2) is 5.65 Å². The Morgan fingerprint density at radius 1 is 1.19 bits per heavy atom. The maximum absolute atomic E-state index is 13.2. The van der Waals surface area contributed by atoms with Crippen LogP contribution in [0.3, 0.4) is 0 Å². The standard InChI is InChI=1S/C16H13F6N3O2/c1-14(6-4-9(5-7-14)27-16(20,21)22)10-2-3-12-23-24-13(15(17,18)19)25(12)11(10)8-26/h2-6,26H,7-8H2,1H3/t14-/m0/s1. The molecule has 1 aliphatic rings. The minimum absolute atomic E-state index is 0.0247. The summed E-state index contributed by atoms with van der Waals surface area (Å²) in [6, 6.07) is 2.78. The van der Waals surface area contributed by atoms with Crippen LogP contribution in [0.15, 0.2) is 36.1 Å². The molecule has 2 heterocycles. The van der Waals surface area contributed by atoms with Crippen molar-refractivity contribution in [2.75, 3.05) is 0 Å². The number of aromatic nitrogens is 3. The number of alkyl halides is 6. The van der Waals surface area contributed by atoms with Crippen molar-refractivity contribution in [3.05, 3.63) is 53.2 Å². The average Bonchev–Trinajstić information content (AvgIpc) is 2.99. The van der Waals surface area contributed by atoms with Gasteiger partial charge < -0.3 is 9.84 Å². The topological polar surface area (TPSA) is 59.7 Å². The highest BCUT2D eigenvalue weighted by Gasteiger charge is 2.39. The highest BCUT2D eigenvalue weighted by atomic mass is 19.4. The second-order valence-electron chi connectivity index (χ2n) is 6.18. The smallest absolute Gasteiger partial charge is 0.406 e. The molecule has 2 aromatic heterocycles. The molecule has 0 bridgehead atoms. The van der Waals surface area contributed by atoms with Gasteiger partial charge in [-0.1, -0.05) is 19.1 Å². The number of rotatable bonds is 3. The highest BCUT2D eigenvalue weighted by Crippen LogP contribution is 2.38. The molecule has 0 fully saturated rings. The molecule has 0 aliphatic heterocycles. The summed E-state index contributed by atoms with van der Waals surface area (Å²) in [7, 11) is 0. The maximum atomic E-state index is 13.2. The number of halogens is 6. The molecular weight excluding hydrogens is 380 g/mol. The number of aliphatic hydroxyl groups is 1. The molecule has 3 rings (SSSR count). The Morgan fingerprint density at radius 2 is 1.89 bits per heavy atom. The lowest BCUT2D eigenvalue weighted by molar-refractivity contribution is -0.303. The monoisotopic (exact) mass is 393 g/mol. The number of hydrogen-bond donors (Lipinski definition) is 1. The van der Waals surface area contributed by atoms with E-state index in [0.29, 0.717) is 9.96 Å². The van der Waals surface area contributed by atoms with Gasteiger partial charge in [-0.15, -0.1) is 23.4 Å². The predicted molar refractivity (Wildman–Crippen MR) is 80.2 cm³/mol.